The minimum Gasteiger partial charge on any atom is -0.422 e. The Balaban J connectivity index is 1.58. The summed E-state index contributed by atoms with van der Waals surface area (Å²) in [7, 11) is 0. The van der Waals surface area contributed by atoms with Gasteiger partial charge in [0, 0.05) is 17.1 Å². The molecule has 2 heterocycles. The van der Waals surface area contributed by atoms with E-state index in [1.807, 2.05) is 48.5 Å². The van der Waals surface area contributed by atoms with Crippen molar-refractivity contribution in [3.8, 4) is 16.9 Å². The molecule has 1 N–H and O–H groups in total. The molecule has 0 radical (unpaired) electrons. The van der Waals surface area contributed by atoms with Gasteiger partial charge in [-0.1, -0.05) is 59.6 Å². The van der Waals surface area contributed by atoms with Gasteiger partial charge in [-0.3, -0.25) is 5.43 Å². The van der Waals surface area contributed by atoms with Crippen molar-refractivity contribution in [2.24, 2.45) is 5.10 Å². The molecule has 0 aliphatic heterocycles. The van der Waals surface area contributed by atoms with Crippen molar-refractivity contribution < 1.29 is 4.42 Å². The van der Waals surface area contributed by atoms with Crippen LogP contribution in [0.3, 0.4) is 0 Å². The zero-order valence-corrected chi connectivity index (χ0v) is 18.6. The van der Waals surface area contributed by atoms with Gasteiger partial charge >= 0.3 is 5.63 Å². The van der Waals surface area contributed by atoms with Crippen LogP contribution in [-0.4, -0.2) is 16.0 Å². The fourth-order valence-electron chi connectivity index (χ4n) is 3.37. The van der Waals surface area contributed by atoms with E-state index in [9.17, 15) is 4.79 Å². The topological polar surface area (TPSA) is 72.4 Å². The Hall–Kier alpha value is -3.87. The summed E-state index contributed by atoms with van der Waals surface area (Å²) in [6, 6.07) is 23.9. The molecule has 0 saturated carbocycles. The van der Waals surface area contributed by atoms with E-state index in [0.717, 1.165) is 11.1 Å². The number of hydrazone groups is 1. The van der Waals surface area contributed by atoms with Gasteiger partial charge < -0.3 is 4.42 Å². The van der Waals surface area contributed by atoms with E-state index in [0.29, 0.717) is 38.1 Å². The zero-order chi connectivity index (χ0) is 22.8. The van der Waals surface area contributed by atoms with Gasteiger partial charge in [-0.2, -0.15) is 10.2 Å². The van der Waals surface area contributed by atoms with E-state index in [1.165, 1.54) is 0 Å². The van der Waals surface area contributed by atoms with Gasteiger partial charge in [-0.15, -0.1) is 0 Å². The quantitative estimate of drug-likeness (QED) is 0.181. The molecule has 8 heteroatoms. The molecule has 0 amide bonds. The normalized spacial score (nSPS) is 11.3. The highest BCUT2D eigenvalue weighted by molar-refractivity contribution is 6.42. The molecule has 5 rings (SSSR count). The van der Waals surface area contributed by atoms with Crippen LogP contribution in [0.2, 0.25) is 10.0 Å². The molecule has 3 aromatic carbocycles. The second kappa shape index (κ2) is 8.94. The summed E-state index contributed by atoms with van der Waals surface area (Å²) < 4.78 is 7.22. The summed E-state index contributed by atoms with van der Waals surface area (Å²) in [4.78, 5) is 12.8. The third-order valence-electron chi connectivity index (χ3n) is 4.98. The van der Waals surface area contributed by atoms with Crippen molar-refractivity contribution in [1.29, 1.82) is 0 Å². The Morgan fingerprint density at radius 1 is 0.939 bits per heavy atom. The number of hydrogen-bond acceptors (Lipinski definition) is 5. The van der Waals surface area contributed by atoms with Gasteiger partial charge in [-0.05, 0) is 42.5 Å². The molecule has 5 aromatic rings. The molecule has 0 unspecified atom stereocenters. The Morgan fingerprint density at radius 3 is 2.55 bits per heavy atom. The Labute approximate surface area is 198 Å². The van der Waals surface area contributed by atoms with Gasteiger partial charge in [0.15, 0.2) is 0 Å². The van der Waals surface area contributed by atoms with Crippen LogP contribution in [0, 0.1) is 0 Å². The molecule has 0 spiro atoms. The first-order valence-electron chi connectivity index (χ1n) is 10.0. The second-order valence-corrected chi connectivity index (χ2v) is 8.01. The molecule has 6 nitrogen and oxygen atoms in total. The average molecular weight is 475 g/mol. The third kappa shape index (κ3) is 4.39. The number of hydrogen-bond donors (Lipinski definition) is 1. The van der Waals surface area contributed by atoms with Gasteiger partial charge in [-0.25, -0.2) is 9.48 Å². The SMILES string of the molecule is O=c1oc2ccccc2cc1-c1nn(-c2ccccc2)cc1/C=N/Nc1ccc(Cl)c(Cl)c1. The van der Waals surface area contributed by atoms with E-state index >= 15 is 0 Å². The van der Waals surface area contributed by atoms with Crippen molar-refractivity contribution in [1.82, 2.24) is 9.78 Å². The first kappa shape index (κ1) is 21.0. The lowest BCUT2D eigenvalue weighted by Gasteiger charge is -2.02. The van der Waals surface area contributed by atoms with Gasteiger partial charge in [0.1, 0.15) is 11.3 Å². The predicted octanol–water partition coefficient (Wildman–Crippen LogP) is 6.40. The van der Waals surface area contributed by atoms with Crippen LogP contribution in [0.25, 0.3) is 27.9 Å². The van der Waals surface area contributed by atoms with Crippen LogP contribution in [0.5, 0.6) is 0 Å². The standard InChI is InChI=1S/C25H16Cl2N4O2/c26-21-11-10-18(13-22(21)27)29-28-14-17-15-31(19-7-2-1-3-8-19)30-24(17)20-12-16-6-4-5-9-23(16)33-25(20)32/h1-15,29H/b28-14+. The van der Waals surface area contributed by atoms with Crippen molar-refractivity contribution in [3.63, 3.8) is 0 Å². The summed E-state index contributed by atoms with van der Waals surface area (Å²) in [5, 5.41) is 10.7. The summed E-state index contributed by atoms with van der Waals surface area (Å²) >= 11 is 12.0. The average Bonchev–Trinajstić information content (AvgIpc) is 3.25. The maximum atomic E-state index is 12.8. The third-order valence-corrected chi connectivity index (χ3v) is 5.72. The van der Waals surface area contributed by atoms with Crippen LogP contribution in [0.1, 0.15) is 5.56 Å². The van der Waals surface area contributed by atoms with E-state index in [-0.39, 0.29) is 0 Å². The monoisotopic (exact) mass is 474 g/mol. The summed E-state index contributed by atoms with van der Waals surface area (Å²) in [6.07, 6.45) is 3.40. The maximum absolute atomic E-state index is 12.8. The molecule has 0 atom stereocenters. The molecule has 0 bridgehead atoms. The lowest BCUT2D eigenvalue weighted by Crippen LogP contribution is -2.05. The van der Waals surface area contributed by atoms with E-state index in [2.05, 4.69) is 15.6 Å². The number of benzene rings is 3. The number of para-hydroxylation sites is 2. The fourth-order valence-corrected chi connectivity index (χ4v) is 3.67. The van der Waals surface area contributed by atoms with Crippen molar-refractivity contribution in [2.75, 3.05) is 5.43 Å². The molecular formula is C25H16Cl2N4O2. The van der Waals surface area contributed by atoms with E-state index < -0.39 is 5.63 Å². The number of halogens is 2. The van der Waals surface area contributed by atoms with E-state index in [4.69, 9.17) is 27.6 Å². The zero-order valence-electron chi connectivity index (χ0n) is 17.1. The van der Waals surface area contributed by atoms with Gasteiger partial charge in [0.05, 0.1) is 33.2 Å². The number of fused-ring (bicyclic) bond motifs is 1. The van der Waals surface area contributed by atoms with Crippen molar-refractivity contribution in [3.05, 3.63) is 111 Å². The maximum Gasteiger partial charge on any atom is 0.345 e. The minimum atomic E-state index is -0.473. The van der Waals surface area contributed by atoms with Crippen molar-refractivity contribution in [2.45, 2.75) is 0 Å². The first-order valence-corrected chi connectivity index (χ1v) is 10.8. The first-order chi connectivity index (χ1) is 16.1. The molecular weight excluding hydrogens is 459 g/mol. The summed E-state index contributed by atoms with van der Waals surface area (Å²) in [5.74, 6) is 0. The van der Waals surface area contributed by atoms with Gasteiger partial charge in [0.2, 0.25) is 0 Å². The summed E-state index contributed by atoms with van der Waals surface area (Å²) in [6.45, 7) is 0. The van der Waals surface area contributed by atoms with Crippen LogP contribution in [0.4, 0.5) is 5.69 Å². The number of nitrogens with zero attached hydrogens (tertiary/aromatic N) is 3. The highest BCUT2D eigenvalue weighted by atomic mass is 35.5. The lowest BCUT2D eigenvalue weighted by atomic mass is 10.1. The Morgan fingerprint density at radius 2 is 1.73 bits per heavy atom. The second-order valence-electron chi connectivity index (χ2n) is 7.20. The highest BCUT2D eigenvalue weighted by Gasteiger charge is 2.16. The fraction of sp³-hybridized carbons (Fsp3) is 0. The van der Waals surface area contributed by atoms with E-state index in [1.54, 1.807) is 47.4 Å². The summed E-state index contributed by atoms with van der Waals surface area (Å²) in [5.41, 5.74) is 5.92. The van der Waals surface area contributed by atoms with Crippen LogP contribution >= 0.6 is 23.2 Å². The van der Waals surface area contributed by atoms with Crippen LogP contribution < -0.4 is 11.1 Å². The van der Waals surface area contributed by atoms with Crippen LogP contribution in [0.15, 0.2) is 99.4 Å². The smallest absolute Gasteiger partial charge is 0.345 e. The molecule has 0 fully saturated rings. The number of nitrogens with one attached hydrogen (secondary N) is 1. The predicted molar refractivity (Wildman–Crippen MR) is 133 cm³/mol. The van der Waals surface area contributed by atoms with Crippen molar-refractivity contribution >= 4 is 46.1 Å². The molecule has 162 valence electrons. The lowest BCUT2D eigenvalue weighted by molar-refractivity contribution is 0.563. The molecule has 33 heavy (non-hydrogen) atoms. The minimum absolute atomic E-state index is 0.347. The van der Waals surface area contributed by atoms with Crippen LogP contribution in [-0.2, 0) is 0 Å². The number of anilines is 1. The molecule has 0 saturated heterocycles. The number of rotatable bonds is 5. The molecule has 2 aromatic heterocycles. The number of aromatic nitrogens is 2. The largest absolute Gasteiger partial charge is 0.422 e. The van der Waals surface area contributed by atoms with Gasteiger partial charge in [0.25, 0.3) is 0 Å². The Bertz CT molecular complexity index is 1540. The highest BCUT2D eigenvalue weighted by Crippen LogP contribution is 2.26. The Kier molecular flexibility index (Phi) is 5.69. The molecule has 0 aliphatic rings. The molecule has 0 aliphatic carbocycles.